The summed E-state index contributed by atoms with van der Waals surface area (Å²) in [7, 11) is 0. The molecular weight excluding hydrogens is 282 g/mol. The van der Waals surface area contributed by atoms with Crippen molar-refractivity contribution in [3.8, 4) is 5.75 Å². The zero-order valence-corrected chi connectivity index (χ0v) is 12.3. The predicted octanol–water partition coefficient (Wildman–Crippen LogP) is 3.54. The second-order valence-electron chi connectivity index (χ2n) is 5.22. The van der Waals surface area contributed by atoms with Gasteiger partial charge < -0.3 is 9.47 Å². The van der Waals surface area contributed by atoms with Crippen molar-refractivity contribution in [1.82, 2.24) is 5.43 Å². The number of rotatable bonds is 4. The average Bonchev–Trinajstić information content (AvgIpc) is 2.33. The Hall–Kier alpha value is -2.18. The third-order valence-electron chi connectivity index (χ3n) is 2.19. The second kappa shape index (κ2) is 7.01. The first-order valence-electron chi connectivity index (χ1n) is 6.26. The highest BCUT2D eigenvalue weighted by Crippen LogP contribution is 2.16. The molecule has 0 heterocycles. The topological polar surface area (TPSA) is 59.9 Å². The molecule has 0 aliphatic rings. The van der Waals surface area contributed by atoms with E-state index in [2.05, 4.69) is 15.3 Å². The molecule has 0 aromatic heterocycles. The van der Waals surface area contributed by atoms with Gasteiger partial charge >= 0.3 is 12.7 Å². The summed E-state index contributed by atoms with van der Waals surface area (Å²) in [6.45, 7) is 3.92. The number of nitrogens with one attached hydrogen (secondary N) is 1. The van der Waals surface area contributed by atoms with Crippen LogP contribution >= 0.6 is 0 Å². The van der Waals surface area contributed by atoms with Gasteiger partial charge in [0.05, 0.1) is 5.71 Å². The van der Waals surface area contributed by atoms with E-state index in [1.165, 1.54) is 12.1 Å². The lowest BCUT2D eigenvalue weighted by Gasteiger charge is -2.18. The van der Waals surface area contributed by atoms with Gasteiger partial charge in [0.2, 0.25) is 0 Å². The molecule has 1 amide bonds. The van der Waals surface area contributed by atoms with Crippen molar-refractivity contribution in [2.75, 3.05) is 0 Å². The Kier molecular flexibility index (Phi) is 5.63. The molecule has 0 aliphatic carbocycles. The van der Waals surface area contributed by atoms with Gasteiger partial charge in [-0.2, -0.15) is 13.9 Å². The van der Waals surface area contributed by atoms with E-state index in [1.54, 1.807) is 39.8 Å². The number of halogens is 2. The molecule has 0 radical (unpaired) electrons. The van der Waals surface area contributed by atoms with Crippen LogP contribution in [0, 0.1) is 0 Å². The number of nitrogens with zero attached hydrogens (tertiary/aromatic N) is 1. The molecule has 7 heteroatoms. The summed E-state index contributed by atoms with van der Waals surface area (Å²) in [4.78, 5) is 11.4. The highest BCUT2D eigenvalue weighted by Gasteiger charge is 2.15. The van der Waals surface area contributed by atoms with Crippen LogP contribution in [-0.4, -0.2) is 24.0 Å². The molecule has 0 atom stereocenters. The van der Waals surface area contributed by atoms with E-state index in [9.17, 15) is 13.6 Å². The van der Waals surface area contributed by atoms with Crippen LogP contribution in [0.25, 0.3) is 0 Å². The van der Waals surface area contributed by atoms with Crippen LogP contribution in [-0.2, 0) is 4.74 Å². The Bertz CT molecular complexity index is 525. The van der Waals surface area contributed by atoms with Crippen molar-refractivity contribution in [1.29, 1.82) is 0 Å². The van der Waals surface area contributed by atoms with Crippen molar-refractivity contribution in [3.05, 3.63) is 29.8 Å². The standard InChI is InChI=1S/C14H18F2N2O3/c1-9(17-18-13(19)21-14(2,3)4)10-6-5-7-11(8-10)20-12(15)16/h5-8,12H,1-4H3,(H,18,19)/b17-9+. The van der Waals surface area contributed by atoms with Crippen LogP contribution in [0.15, 0.2) is 29.4 Å². The van der Waals surface area contributed by atoms with E-state index in [0.717, 1.165) is 0 Å². The first-order chi connectivity index (χ1) is 9.67. The number of carbonyl (C=O) groups excluding carboxylic acids is 1. The molecule has 1 aromatic carbocycles. The highest BCUT2D eigenvalue weighted by atomic mass is 19.3. The first-order valence-corrected chi connectivity index (χ1v) is 6.26. The monoisotopic (exact) mass is 300 g/mol. The molecule has 0 unspecified atom stereocenters. The molecule has 5 nitrogen and oxygen atoms in total. The van der Waals surface area contributed by atoms with Gasteiger partial charge in [0.1, 0.15) is 11.4 Å². The van der Waals surface area contributed by atoms with Crippen molar-refractivity contribution < 1.29 is 23.0 Å². The molecule has 0 aliphatic heterocycles. The zero-order chi connectivity index (χ0) is 16.0. The van der Waals surface area contributed by atoms with E-state index < -0.39 is 18.3 Å². The van der Waals surface area contributed by atoms with E-state index in [4.69, 9.17) is 4.74 Å². The van der Waals surface area contributed by atoms with E-state index in [0.29, 0.717) is 11.3 Å². The summed E-state index contributed by atoms with van der Waals surface area (Å²) in [5, 5.41) is 3.85. The smallest absolute Gasteiger partial charge is 0.428 e. The van der Waals surface area contributed by atoms with Gasteiger partial charge in [-0.15, -0.1) is 0 Å². The number of hydrogen-bond donors (Lipinski definition) is 1. The van der Waals surface area contributed by atoms with E-state index in [1.807, 2.05) is 0 Å². The normalized spacial score (nSPS) is 12.2. The quantitative estimate of drug-likeness (QED) is 0.683. The number of amides is 1. The third-order valence-corrected chi connectivity index (χ3v) is 2.19. The molecular formula is C14H18F2N2O3. The Morgan fingerprint density at radius 3 is 2.57 bits per heavy atom. The lowest BCUT2D eigenvalue weighted by atomic mass is 10.1. The Labute approximate surface area is 121 Å². The number of ether oxygens (including phenoxy) is 2. The maximum atomic E-state index is 12.1. The number of carbonyl (C=O) groups is 1. The van der Waals surface area contributed by atoms with Crippen LogP contribution < -0.4 is 10.2 Å². The van der Waals surface area contributed by atoms with Gasteiger partial charge in [-0.3, -0.25) is 0 Å². The van der Waals surface area contributed by atoms with Gasteiger partial charge in [0.15, 0.2) is 0 Å². The minimum Gasteiger partial charge on any atom is -0.443 e. The number of hydrazone groups is 1. The third kappa shape index (κ3) is 6.69. The molecule has 0 bridgehead atoms. The van der Waals surface area contributed by atoms with E-state index >= 15 is 0 Å². The van der Waals surface area contributed by atoms with Crippen LogP contribution in [0.3, 0.4) is 0 Å². The van der Waals surface area contributed by atoms with Crippen molar-refractivity contribution in [2.24, 2.45) is 5.10 Å². The molecule has 1 rings (SSSR count). The number of hydrogen-bond acceptors (Lipinski definition) is 4. The van der Waals surface area contributed by atoms with Gasteiger partial charge in [-0.1, -0.05) is 12.1 Å². The summed E-state index contributed by atoms with van der Waals surface area (Å²) in [6, 6.07) is 6.03. The molecule has 0 fully saturated rings. The highest BCUT2D eigenvalue weighted by molar-refractivity contribution is 5.99. The Morgan fingerprint density at radius 1 is 1.33 bits per heavy atom. The summed E-state index contributed by atoms with van der Waals surface area (Å²) >= 11 is 0. The van der Waals surface area contributed by atoms with Crippen LogP contribution in [0.2, 0.25) is 0 Å². The van der Waals surface area contributed by atoms with Gasteiger partial charge in [0, 0.05) is 5.56 Å². The van der Waals surface area contributed by atoms with Crippen molar-refractivity contribution >= 4 is 11.8 Å². The fraction of sp³-hybridized carbons (Fsp3) is 0.429. The minimum atomic E-state index is -2.89. The summed E-state index contributed by atoms with van der Waals surface area (Å²) < 4.78 is 33.6. The SMILES string of the molecule is C/C(=N\NC(=O)OC(C)(C)C)c1cccc(OC(F)F)c1. The lowest BCUT2D eigenvalue weighted by Crippen LogP contribution is -2.30. The average molecular weight is 300 g/mol. The lowest BCUT2D eigenvalue weighted by molar-refractivity contribution is -0.0498. The maximum Gasteiger partial charge on any atom is 0.428 e. The molecule has 1 N–H and O–H groups in total. The largest absolute Gasteiger partial charge is 0.443 e. The molecule has 21 heavy (non-hydrogen) atoms. The molecule has 116 valence electrons. The van der Waals surface area contributed by atoms with Crippen LogP contribution in [0.4, 0.5) is 13.6 Å². The first kappa shape index (κ1) is 16.9. The fourth-order valence-electron chi connectivity index (χ4n) is 1.39. The molecule has 0 saturated heterocycles. The molecule has 0 spiro atoms. The van der Waals surface area contributed by atoms with Crippen molar-refractivity contribution in [3.63, 3.8) is 0 Å². The Morgan fingerprint density at radius 2 is 2.00 bits per heavy atom. The number of benzene rings is 1. The van der Waals surface area contributed by atoms with Crippen molar-refractivity contribution in [2.45, 2.75) is 39.9 Å². The minimum absolute atomic E-state index is 0.0225. The fourth-order valence-corrected chi connectivity index (χ4v) is 1.39. The molecule has 0 saturated carbocycles. The summed E-state index contributed by atoms with van der Waals surface area (Å²) in [6.07, 6.45) is -0.693. The Balaban J connectivity index is 2.72. The predicted molar refractivity (Wildman–Crippen MR) is 74.7 cm³/mol. The summed E-state index contributed by atoms with van der Waals surface area (Å²) in [5.74, 6) is 0.0225. The van der Waals surface area contributed by atoms with Crippen LogP contribution in [0.1, 0.15) is 33.3 Å². The van der Waals surface area contributed by atoms with E-state index in [-0.39, 0.29) is 5.75 Å². The van der Waals surface area contributed by atoms with Gasteiger partial charge in [-0.25, -0.2) is 10.2 Å². The summed E-state index contributed by atoms with van der Waals surface area (Å²) in [5.41, 5.74) is 2.59. The maximum absolute atomic E-state index is 12.1. The van der Waals surface area contributed by atoms with Gasteiger partial charge in [-0.05, 0) is 39.8 Å². The van der Waals surface area contributed by atoms with Gasteiger partial charge in [0.25, 0.3) is 0 Å². The molecule has 1 aromatic rings. The second-order valence-corrected chi connectivity index (χ2v) is 5.22. The number of alkyl halides is 2. The van der Waals surface area contributed by atoms with Crippen LogP contribution in [0.5, 0.6) is 5.75 Å². The zero-order valence-electron chi connectivity index (χ0n) is 12.3.